The maximum absolute atomic E-state index is 13.1. The first-order chi connectivity index (χ1) is 18.1. The number of benzene rings is 1. The van der Waals surface area contributed by atoms with Crippen LogP contribution in [0.4, 0.5) is 0 Å². The van der Waals surface area contributed by atoms with E-state index < -0.39 is 30.1 Å². The molecule has 1 fully saturated rings. The fourth-order valence-electron chi connectivity index (χ4n) is 4.62. The van der Waals surface area contributed by atoms with Crippen molar-refractivity contribution in [1.82, 2.24) is 26.1 Å². The highest BCUT2D eigenvalue weighted by atomic mass is 16.5. The highest BCUT2D eigenvalue weighted by molar-refractivity contribution is 5.91. The SMILES string of the molecule is CC(C)[C@@H]1OC(=O)CC=Cc2cc3cc(ccc3cn2)[C@@H](C)NC(=O)[C@@H]2CCCN(N2)C(=O)[C@H](C)NC1=O. The molecule has 0 aliphatic carbocycles. The van der Waals surface area contributed by atoms with Crippen molar-refractivity contribution in [3.63, 3.8) is 0 Å². The lowest BCUT2D eigenvalue weighted by molar-refractivity contribution is -0.158. The summed E-state index contributed by atoms with van der Waals surface area (Å²) in [7, 11) is 0. The molecule has 1 aromatic carbocycles. The molecule has 2 aromatic rings. The van der Waals surface area contributed by atoms with Gasteiger partial charge < -0.3 is 15.4 Å². The summed E-state index contributed by atoms with van der Waals surface area (Å²) in [4.78, 5) is 56.1. The number of nitrogens with one attached hydrogen (secondary N) is 3. The van der Waals surface area contributed by atoms with E-state index in [-0.39, 0.29) is 30.2 Å². The predicted molar refractivity (Wildman–Crippen MR) is 142 cm³/mol. The number of ether oxygens (including phenoxy) is 1. The minimum Gasteiger partial charge on any atom is -0.452 e. The Bertz CT molecular complexity index is 1260. The minimum absolute atomic E-state index is 0.0348. The molecule has 3 amide bonds. The summed E-state index contributed by atoms with van der Waals surface area (Å²) in [5, 5.41) is 9.00. The number of hydrazine groups is 1. The average Bonchev–Trinajstić information content (AvgIpc) is 2.90. The third-order valence-electron chi connectivity index (χ3n) is 6.82. The summed E-state index contributed by atoms with van der Waals surface area (Å²) in [6.45, 7) is 7.43. The van der Waals surface area contributed by atoms with Crippen molar-refractivity contribution in [2.75, 3.05) is 6.54 Å². The van der Waals surface area contributed by atoms with E-state index in [0.29, 0.717) is 25.1 Å². The smallest absolute Gasteiger partial charge is 0.310 e. The lowest BCUT2D eigenvalue weighted by Gasteiger charge is -2.35. The summed E-state index contributed by atoms with van der Waals surface area (Å²) in [5.41, 5.74) is 4.62. The number of cyclic esters (lactones) is 1. The number of esters is 1. The van der Waals surface area contributed by atoms with Crippen molar-refractivity contribution in [3.05, 3.63) is 47.8 Å². The van der Waals surface area contributed by atoms with Crippen LogP contribution in [0, 0.1) is 5.92 Å². The normalized spacial score (nSPS) is 25.8. The van der Waals surface area contributed by atoms with Crippen molar-refractivity contribution in [2.45, 2.75) is 71.2 Å². The van der Waals surface area contributed by atoms with Gasteiger partial charge in [-0.05, 0) is 61.8 Å². The topological polar surface area (TPSA) is 130 Å². The van der Waals surface area contributed by atoms with Gasteiger partial charge in [-0.3, -0.25) is 29.2 Å². The van der Waals surface area contributed by atoms with Crippen molar-refractivity contribution in [1.29, 1.82) is 0 Å². The molecule has 0 radical (unpaired) electrons. The van der Waals surface area contributed by atoms with Gasteiger partial charge in [0, 0.05) is 18.1 Å². The first-order valence-corrected chi connectivity index (χ1v) is 13.1. The van der Waals surface area contributed by atoms with Gasteiger partial charge in [-0.25, -0.2) is 5.43 Å². The minimum atomic E-state index is -1.05. The van der Waals surface area contributed by atoms with Gasteiger partial charge in [-0.2, -0.15) is 0 Å². The first kappa shape index (κ1) is 27.3. The van der Waals surface area contributed by atoms with Crippen LogP contribution in [0.25, 0.3) is 16.8 Å². The lowest BCUT2D eigenvalue weighted by atomic mass is 10.0. The molecular formula is C28H35N5O5. The molecule has 1 saturated heterocycles. The molecule has 0 saturated carbocycles. The number of rotatable bonds is 1. The number of hydrogen-bond donors (Lipinski definition) is 3. The van der Waals surface area contributed by atoms with Crippen LogP contribution >= 0.6 is 0 Å². The van der Waals surface area contributed by atoms with E-state index >= 15 is 0 Å². The van der Waals surface area contributed by atoms with Crippen molar-refractivity contribution in [3.8, 4) is 0 Å². The van der Waals surface area contributed by atoms with Crippen LogP contribution in [0.5, 0.6) is 0 Å². The molecule has 0 spiro atoms. The number of amides is 3. The van der Waals surface area contributed by atoms with Crippen LogP contribution in [0.15, 0.2) is 36.5 Å². The highest BCUT2D eigenvalue weighted by Crippen LogP contribution is 2.22. The third-order valence-corrected chi connectivity index (χ3v) is 6.82. The van der Waals surface area contributed by atoms with E-state index in [0.717, 1.165) is 16.3 Å². The highest BCUT2D eigenvalue weighted by Gasteiger charge is 2.33. The molecule has 2 aliphatic rings. The van der Waals surface area contributed by atoms with Crippen LogP contribution < -0.4 is 16.1 Å². The second-order valence-electron chi connectivity index (χ2n) is 10.3. The van der Waals surface area contributed by atoms with Crippen molar-refractivity contribution < 1.29 is 23.9 Å². The zero-order valence-corrected chi connectivity index (χ0v) is 22.2. The number of carbonyl (C=O) groups excluding carboxylic acids is 4. The Morgan fingerprint density at radius 2 is 1.76 bits per heavy atom. The number of fused-ring (bicyclic) bond motifs is 4. The molecule has 202 valence electrons. The summed E-state index contributed by atoms with van der Waals surface area (Å²) in [6, 6.07) is 6.10. The van der Waals surface area contributed by atoms with Crippen molar-refractivity contribution >= 4 is 40.5 Å². The quantitative estimate of drug-likeness (QED) is 0.492. The number of carbonyl (C=O) groups is 4. The van der Waals surface area contributed by atoms with Gasteiger partial charge >= 0.3 is 5.97 Å². The summed E-state index contributed by atoms with van der Waals surface area (Å²) in [5.74, 6) is -1.98. The van der Waals surface area contributed by atoms with Gasteiger partial charge in [0.25, 0.3) is 11.8 Å². The number of aromatic nitrogens is 1. The van der Waals surface area contributed by atoms with E-state index in [2.05, 4.69) is 21.0 Å². The second kappa shape index (κ2) is 11.7. The number of nitrogens with zero attached hydrogens (tertiary/aromatic N) is 2. The standard InChI is InChI=1S/C28H35N5O5/c1-16(2)25-27(36)31-18(4)28(37)33-12-6-8-23(32-33)26(35)30-17(3)19-10-11-20-15-29-22(14-21(20)13-19)7-5-9-24(34)38-25/h5,7,10-11,13-18,23,25,32H,6,8-9,12H2,1-4H3,(H,30,35)(H,31,36)/t17-,18+,23+,25+/m1/s1. The third kappa shape index (κ3) is 6.36. The Labute approximate surface area is 222 Å². The maximum atomic E-state index is 13.1. The maximum Gasteiger partial charge on any atom is 0.310 e. The van der Waals surface area contributed by atoms with E-state index in [1.165, 1.54) is 5.01 Å². The predicted octanol–water partition coefficient (Wildman–Crippen LogP) is 2.40. The number of pyridine rings is 1. The fourth-order valence-corrected chi connectivity index (χ4v) is 4.62. The molecule has 10 nitrogen and oxygen atoms in total. The monoisotopic (exact) mass is 521 g/mol. The van der Waals surface area contributed by atoms with E-state index in [1.54, 1.807) is 39.1 Å². The average molecular weight is 522 g/mol. The molecule has 2 aliphatic heterocycles. The molecule has 4 atom stereocenters. The van der Waals surface area contributed by atoms with E-state index in [9.17, 15) is 19.2 Å². The van der Waals surface area contributed by atoms with Crippen LogP contribution in [-0.4, -0.2) is 58.4 Å². The summed E-state index contributed by atoms with van der Waals surface area (Å²) >= 11 is 0. The van der Waals surface area contributed by atoms with Gasteiger partial charge in [0.05, 0.1) is 18.2 Å². The zero-order chi connectivity index (χ0) is 27.4. The molecular weight excluding hydrogens is 486 g/mol. The Hall–Kier alpha value is -3.79. The van der Waals surface area contributed by atoms with Crippen LogP contribution in [0.3, 0.4) is 0 Å². The van der Waals surface area contributed by atoms with Crippen LogP contribution in [0.2, 0.25) is 0 Å². The molecule has 3 heterocycles. The molecule has 1 aromatic heterocycles. The van der Waals surface area contributed by atoms with E-state index in [4.69, 9.17) is 4.74 Å². The summed E-state index contributed by atoms with van der Waals surface area (Å²) in [6.07, 6.45) is 5.26. The molecule has 38 heavy (non-hydrogen) atoms. The fraction of sp³-hybridized carbons (Fsp3) is 0.464. The second-order valence-corrected chi connectivity index (χ2v) is 10.3. The van der Waals surface area contributed by atoms with E-state index in [1.807, 2.05) is 31.2 Å². The van der Waals surface area contributed by atoms with Gasteiger partial charge in [0.15, 0.2) is 6.10 Å². The first-order valence-electron chi connectivity index (χ1n) is 13.1. The molecule has 10 heteroatoms. The zero-order valence-electron chi connectivity index (χ0n) is 22.2. The Balaban J connectivity index is 1.64. The van der Waals surface area contributed by atoms with Gasteiger partial charge in [-0.15, -0.1) is 0 Å². The molecule has 0 unspecified atom stereocenters. The molecule has 3 N–H and O–H groups in total. The van der Waals surface area contributed by atoms with Gasteiger partial charge in [0.2, 0.25) is 5.91 Å². The Morgan fingerprint density at radius 3 is 2.53 bits per heavy atom. The number of hydrogen-bond acceptors (Lipinski definition) is 7. The molecule has 5 bridgehead atoms. The Morgan fingerprint density at radius 1 is 1.00 bits per heavy atom. The van der Waals surface area contributed by atoms with Crippen molar-refractivity contribution in [2.24, 2.45) is 5.92 Å². The largest absolute Gasteiger partial charge is 0.452 e. The van der Waals surface area contributed by atoms with Gasteiger partial charge in [0.1, 0.15) is 12.1 Å². The van der Waals surface area contributed by atoms with Crippen LogP contribution in [0.1, 0.15) is 64.3 Å². The summed E-state index contributed by atoms with van der Waals surface area (Å²) < 4.78 is 5.48. The lowest BCUT2D eigenvalue weighted by Crippen LogP contribution is -2.61. The molecule has 4 rings (SSSR count). The van der Waals surface area contributed by atoms with Crippen LogP contribution in [-0.2, 0) is 23.9 Å². The van der Waals surface area contributed by atoms with Gasteiger partial charge in [-0.1, -0.05) is 32.1 Å². The Kier molecular flexibility index (Phi) is 8.41.